The monoisotopic (exact) mass is 375 g/mol. The molecule has 2 aliphatic rings. The van der Waals surface area contributed by atoms with Gasteiger partial charge in [-0.15, -0.1) is 0 Å². The van der Waals surface area contributed by atoms with E-state index in [0.717, 1.165) is 48.1 Å². The lowest BCUT2D eigenvalue weighted by atomic mass is 9.90. The maximum Gasteiger partial charge on any atom is 0.253 e. The minimum atomic E-state index is 0.00464. The number of aromatic nitrogens is 1. The van der Waals surface area contributed by atoms with Gasteiger partial charge in [0.1, 0.15) is 0 Å². The number of aromatic amines is 1. The summed E-state index contributed by atoms with van der Waals surface area (Å²) in [5.41, 5.74) is 3.98. The van der Waals surface area contributed by atoms with E-state index < -0.39 is 0 Å². The average Bonchev–Trinajstić information content (AvgIpc) is 3.14. The molecule has 1 aromatic heterocycles. The van der Waals surface area contributed by atoms with Crippen LogP contribution >= 0.6 is 0 Å². The Kier molecular flexibility index (Phi) is 4.41. The minimum absolute atomic E-state index is 0.00464. The van der Waals surface area contributed by atoms with Crippen LogP contribution in [0, 0.1) is 0 Å². The largest absolute Gasteiger partial charge is 0.378 e. The molecule has 3 aromatic rings. The first-order chi connectivity index (χ1) is 13.7. The molecule has 28 heavy (non-hydrogen) atoms. The fourth-order valence-corrected chi connectivity index (χ4v) is 4.68. The molecule has 3 atom stereocenters. The summed E-state index contributed by atoms with van der Waals surface area (Å²) in [5, 5.41) is 4.25. The average molecular weight is 375 g/mol. The van der Waals surface area contributed by atoms with Crippen LogP contribution in [-0.4, -0.2) is 54.2 Å². The van der Waals surface area contributed by atoms with Gasteiger partial charge in [0.05, 0.1) is 24.3 Å². The summed E-state index contributed by atoms with van der Waals surface area (Å²) in [4.78, 5) is 18.8. The Hall–Kier alpha value is -2.63. The zero-order valence-corrected chi connectivity index (χ0v) is 16.0. The summed E-state index contributed by atoms with van der Waals surface area (Å²) < 4.78 is 5.69. The van der Waals surface area contributed by atoms with Gasteiger partial charge in [0, 0.05) is 35.3 Å². The maximum atomic E-state index is 13.1. The highest BCUT2D eigenvalue weighted by atomic mass is 16.5. The summed E-state index contributed by atoms with van der Waals surface area (Å²) in [6.45, 7) is 1.51. The second-order valence-electron chi connectivity index (χ2n) is 7.95. The lowest BCUT2D eigenvalue weighted by molar-refractivity contribution is -0.0670. The van der Waals surface area contributed by atoms with Crippen molar-refractivity contribution in [3.05, 3.63) is 60.3 Å². The first-order valence-corrected chi connectivity index (χ1v) is 9.97. The van der Waals surface area contributed by atoms with E-state index >= 15 is 0 Å². The van der Waals surface area contributed by atoms with E-state index in [1.807, 2.05) is 36.5 Å². The lowest BCUT2D eigenvalue weighted by Gasteiger charge is -2.46. The number of amides is 1. The highest BCUT2D eigenvalue weighted by molar-refractivity contribution is 6.10. The standard InChI is InChI=1S/C23H25N3O2/c1-26-17-10-16(11-18(26)14-28-13-17)25-23(27)21-12-24-22-19(8-5-9-20(21)22)15-6-3-2-4-7-15/h2-9,12,16-18,24H,10-11,13-14H2,1H3,(H,25,27)/t16?,17-,18+. The molecule has 2 aliphatic heterocycles. The molecule has 2 bridgehead atoms. The van der Waals surface area contributed by atoms with E-state index in [4.69, 9.17) is 4.74 Å². The number of carbonyl (C=O) groups is 1. The topological polar surface area (TPSA) is 57.4 Å². The highest BCUT2D eigenvalue weighted by Crippen LogP contribution is 2.30. The van der Waals surface area contributed by atoms with Gasteiger partial charge in [-0.25, -0.2) is 0 Å². The number of likely N-dealkylation sites (N-methyl/N-ethyl adjacent to an activating group) is 1. The van der Waals surface area contributed by atoms with Gasteiger partial charge >= 0.3 is 0 Å². The number of nitrogens with one attached hydrogen (secondary N) is 2. The van der Waals surface area contributed by atoms with Crippen molar-refractivity contribution in [3.63, 3.8) is 0 Å². The number of fused-ring (bicyclic) bond motifs is 3. The number of piperidine rings is 1. The van der Waals surface area contributed by atoms with Crippen LogP contribution in [-0.2, 0) is 4.74 Å². The SMILES string of the molecule is CN1[C@@H]2COC[C@H]1CC(NC(=O)c1c[nH]c3c(-c4ccccc4)cccc13)C2. The summed E-state index contributed by atoms with van der Waals surface area (Å²) >= 11 is 0. The van der Waals surface area contributed by atoms with Crippen LogP contribution in [0.25, 0.3) is 22.0 Å². The third-order valence-corrected chi connectivity index (χ3v) is 6.27. The first kappa shape index (κ1) is 17.5. The van der Waals surface area contributed by atoms with Gasteiger partial charge in [0.2, 0.25) is 0 Å². The second-order valence-corrected chi connectivity index (χ2v) is 7.95. The van der Waals surface area contributed by atoms with Crippen LogP contribution < -0.4 is 5.32 Å². The summed E-state index contributed by atoms with van der Waals surface area (Å²) in [5.74, 6) is 0.00464. The molecule has 1 amide bonds. The predicted molar refractivity (Wildman–Crippen MR) is 110 cm³/mol. The predicted octanol–water partition coefficient (Wildman–Crippen LogP) is 3.43. The Balaban J connectivity index is 1.40. The summed E-state index contributed by atoms with van der Waals surface area (Å²) in [6.07, 6.45) is 3.72. The molecule has 0 radical (unpaired) electrons. The van der Waals surface area contributed by atoms with Gasteiger partial charge in [-0.2, -0.15) is 0 Å². The van der Waals surface area contributed by atoms with Crippen molar-refractivity contribution in [2.75, 3.05) is 20.3 Å². The number of carbonyl (C=O) groups excluding carboxylic acids is 1. The number of morpholine rings is 1. The normalized spacial score (nSPS) is 25.0. The van der Waals surface area contributed by atoms with Gasteiger partial charge in [-0.1, -0.05) is 48.5 Å². The van der Waals surface area contributed by atoms with Crippen LogP contribution in [0.1, 0.15) is 23.2 Å². The molecule has 1 unspecified atom stereocenters. The molecule has 0 aliphatic carbocycles. The van der Waals surface area contributed by atoms with Crippen molar-refractivity contribution >= 4 is 16.8 Å². The number of hydrogen-bond acceptors (Lipinski definition) is 3. The number of nitrogens with zero attached hydrogens (tertiary/aromatic N) is 1. The molecule has 5 rings (SSSR count). The zero-order chi connectivity index (χ0) is 19.1. The van der Waals surface area contributed by atoms with Crippen LogP contribution in [0.5, 0.6) is 0 Å². The second kappa shape index (κ2) is 7.08. The van der Waals surface area contributed by atoms with Crippen molar-refractivity contribution in [2.24, 2.45) is 0 Å². The molecule has 3 heterocycles. The Labute approximate surface area is 164 Å². The van der Waals surface area contributed by atoms with E-state index in [1.54, 1.807) is 0 Å². The van der Waals surface area contributed by atoms with Gasteiger partial charge in [0.15, 0.2) is 0 Å². The lowest BCUT2D eigenvalue weighted by Crippen LogP contribution is -2.59. The molecule has 2 fully saturated rings. The maximum absolute atomic E-state index is 13.1. The van der Waals surface area contributed by atoms with Crippen molar-refractivity contribution in [1.29, 1.82) is 0 Å². The number of rotatable bonds is 3. The number of hydrogen-bond donors (Lipinski definition) is 2. The van der Waals surface area contributed by atoms with E-state index in [-0.39, 0.29) is 11.9 Å². The van der Waals surface area contributed by atoms with E-state index in [2.05, 4.69) is 40.4 Å². The Morgan fingerprint density at radius 1 is 1.07 bits per heavy atom. The van der Waals surface area contributed by atoms with E-state index in [9.17, 15) is 4.79 Å². The number of ether oxygens (including phenoxy) is 1. The molecule has 2 N–H and O–H groups in total. The van der Waals surface area contributed by atoms with Crippen molar-refractivity contribution in [1.82, 2.24) is 15.2 Å². The zero-order valence-electron chi connectivity index (χ0n) is 16.0. The summed E-state index contributed by atoms with van der Waals surface area (Å²) in [6, 6.07) is 17.4. The molecule has 2 aromatic carbocycles. The van der Waals surface area contributed by atoms with Crippen LogP contribution in [0.2, 0.25) is 0 Å². The van der Waals surface area contributed by atoms with Gasteiger partial charge in [-0.3, -0.25) is 9.69 Å². The van der Waals surface area contributed by atoms with Crippen LogP contribution in [0.4, 0.5) is 0 Å². The van der Waals surface area contributed by atoms with Gasteiger partial charge in [-0.05, 0) is 25.5 Å². The minimum Gasteiger partial charge on any atom is -0.378 e. The van der Waals surface area contributed by atoms with Gasteiger partial charge in [0.25, 0.3) is 5.91 Å². The fourth-order valence-electron chi connectivity index (χ4n) is 4.68. The quantitative estimate of drug-likeness (QED) is 0.737. The van der Waals surface area contributed by atoms with Crippen molar-refractivity contribution in [3.8, 4) is 11.1 Å². The van der Waals surface area contributed by atoms with Crippen molar-refractivity contribution in [2.45, 2.75) is 31.0 Å². The Bertz CT molecular complexity index is 984. The van der Waals surface area contributed by atoms with E-state index in [1.165, 1.54) is 0 Å². The first-order valence-electron chi connectivity index (χ1n) is 9.97. The summed E-state index contributed by atoms with van der Waals surface area (Å²) in [7, 11) is 2.17. The van der Waals surface area contributed by atoms with Gasteiger partial charge < -0.3 is 15.0 Å². The molecule has 2 saturated heterocycles. The number of benzene rings is 2. The van der Waals surface area contributed by atoms with E-state index in [0.29, 0.717) is 17.6 Å². The number of para-hydroxylation sites is 1. The third kappa shape index (κ3) is 3.01. The molecule has 0 saturated carbocycles. The molecule has 144 valence electrons. The molecule has 5 nitrogen and oxygen atoms in total. The molecular weight excluding hydrogens is 350 g/mol. The highest BCUT2D eigenvalue weighted by Gasteiger charge is 2.37. The fraction of sp³-hybridized carbons (Fsp3) is 0.348. The third-order valence-electron chi connectivity index (χ3n) is 6.27. The van der Waals surface area contributed by atoms with Crippen molar-refractivity contribution < 1.29 is 9.53 Å². The van der Waals surface area contributed by atoms with Crippen LogP contribution in [0.15, 0.2) is 54.7 Å². The molecule has 5 heteroatoms. The number of H-pyrrole nitrogens is 1. The Morgan fingerprint density at radius 2 is 1.82 bits per heavy atom. The molecular formula is C23H25N3O2. The Morgan fingerprint density at radius 3 is 2.57 bits per heavy atom. The van der Waals surface area contributed by atoms with Crippen LogP contribution in [0.3, 0.4) is 0 Å². The molecule has 0 spiro atoms. The smallest absolute Gasteiger partial charge is 0.253 e.